The van der Waals surface area contributed by atoms with E-state index >= 15 is 0 Å². The molecular weight excluding hydrogens is 187 g/mol. The summed E-state index contributed by atoms with van der Waals surface area (Å²) in [5.41, 5.74) is 1.11. The van der Waals surface area contributed by atoms with Crippen LogP contribution in [0.3, 0.4) is 0 Å². The fraction of sp³-hybridized carbons (Fsp3) is 0.273. The van der Waals surface area contributed by atoms with Crippen LogP contribution in [0.2, 0.25) is 0 Å². The predicted octanol–water partition coefficient (Wildman–Crippen LogP) is -0.547. The van der Waals surface area contributed by atoms with Crippen LogP contribution in [0.1, 0.15) is 13.9 Å². The molecule has 0 unspecified atom stereocenters. The van der Waals surface area contributed by atoms with Gasteiger partial charge in [0.1, 0.15) is 5.75 Å². The van der Waals surface area contributed by atoms with Gasteiger partial charge in [-0.05, 0) is 24.6 Å². The van der Waals surface area contributed by atoms with E-state index in [1.54, 1.807) is 20.1 Å². The molecule has 0 heterocycles. The van der Waals surface area contributed by atoms with Crippen LogP contribution in [0, 0.1) is 0 Å². The Bertz CT molecular complexity index is 237. The van der Waals surface area contributed by atoms with Gasteiger partial charge in [-0.1, -0.05) is 24.8 Å². The van der Waals surface area contributed by atoms with E-state index in [2.05, 4.69) is 6.58 Å². The van der Waals surface area contributed by atoms with E-state index < -0.39 is 0 Å². The van der Waals surface area contributed by atoms with Crippen molar-refractivity contribution in [3.05, 3.63) is 36.4 Å². The Kier molecular flexibility index (Phi) is 12.5. The van der Waals surface area contributed by atoms with Crippen molar-refractivity contribution in [2.75, 3.05) is 13.7 Å². The number of ether oxygens (including phenoxy) is 1. The van der Waals surface area contributed by atoms with Crippen LogP contribution in [0.5, 0.6) is 5.75 Å². The first-order chi connectivity index (χ1) is 6.28. The van der Waals surface area contributed by atoms with Crippen molar-refractivity contribution in [3.63, 3.8) is 0 Å². The molecule has 1 rings (SSSR count). The van der Waals surface area contributed by atoms with E-state index in [9.17, 15) is 0 Å². The van der Waals surface area contributed by atoms with Crippen molar-refractivity contribution >= 4 is 6.08 Å². The van der Waals surface area contributed by atoms with Gasteiger partial charge in [0.15, 0.2) is 0 Å². The second kappa shape index (κ2) is 10.8. The van der Waals surface area contributed by atoms with Crippen LogP contribution < -0.4 is 34.3 Å². The molecule has 74 valence electrons. The van der Waals surface area contributed by atoms with Crippen molar-refractivity contribution in [3.8, 4) is 5.75 Å². The van der Waals surface area contributed by atoms with Crippen LogP contribution in [-0.2, 0) is 0 Å². The number of methoxy groups -OCH3 is 1. The Morgan fingerprint density at radius 1 is 1.43 bits per heavy atom. The van der Waals surface area contributed by atoms with Crippen molar-refractivity contribution < 1.29 is 40.8 Å². The Balaban J connectivity index is -0.000000260. The summed E-state index contributed by atoms with van der Waals surface area (Å²) in [7, 11) is 1.66. The summed E-state index contributed by atoms with van der Waals surface area (Å²) in [6.07, 6.45) is 1.80. The molecule has 0 fully saturated rings. The largest absolute Gasteiger partial charge is 1.00 e. The van der Waals surface area contributed by atoms with Gasteiger partial charge in [0.2, 0.25) is 0 Å². The quantitative estimate of drug-likeness (QED) is 0.655. The standard InChI is InChI=1S/C9H10O.C2H6O.Na.H/c1-3-8-4-6-9(10-2)7-5-8;1-2-3;;/h3-7H,1H2,2H3;3H,2H2,1H3;;/q;;+1;-1. The zero-order valence-corrected chi connectivity index (χ0v) is 11.2. The van der Waals surface area contributed by atoms with Gasteiger partial charge in [-0.2, -0.15) is 0 Å². The van der Waals surface area contributed by atoms with Gasteiger partial charge < -0.3 is 11.3 Å². The van der Waals surface area contributed by atoms with Gasteiger partial charge >= 0.3 is 29.6 Å². The van der Waals surface area contributed by atoms with E-state index in [1.165, 1.54) is 0 Å². The number of aliphatic hydroxyl groups is 1. The molecule has 0 radical (unpaired) electrons. The molecule has 14 heavy (non-hydrogen) atoms. The normalized spacial score (nSPS) is 7.64. The molecule has 0 saturated heterocycles. The molecule has 1 aromatic carbocycles. The second-order valence-corrected chi connectivity index (χ2v) is 2.29. The van der Waals surface area contributed by atoms with Crippen molar-refractivity contribution in [2.45, 2.75) is 6.92 Å². The van der Waals surface area contributed by atoms with E-state index in [1.807, 2.05) is 24.3 Å². The summed E-state index contributed by atoms with van der Waals surface area (Å²) in [6.45, 7) is 5.58. The zero-order chi connectivity index (χ0) is 10.1. The van der Waals surface area contributed by atoms with Crippen LogP contribution >= 0.6 is 0 Å². The van der Waals surface area contributed by atoms with Gasteiger partial charge in [-0.25, -0.2) is 0 Å². The van der Waals surface area contributed by atoms with Crippen LogP contribution in [0.25, 0.3) is 6.08 Å². The third-order valence-electron chi connectivity index (χ3n) is 1.35. The summed E-state index contributed by atoms with van der Waals surface area (Å²) < 4.78 is 4.98. The Morgan fingerprint density at radius 3 is 2.14 bits per heavy atom. The van der Waals surface area contributed by atoms with Crippen molar-refractivity contribution in [2.24, 2.45) is 0 Å². The molecular formula is C11H17NaO2. The van der Waals surface area contributed by atoms with Gasteiger partial charge in [0, 0.05) is 6.61 Å². The fourth-order valence-corrected chi connectivity index (χ4v) is 0.740. The topological polar surface area (TPSA) is 29.5 Å². The van der Waals surface area contributed by atoms with Crippen molar-refractivity contribution in [1.29, 1.82) is 0 Å². The maximum absolute atomic E-state index is 7.57. The van der Waals surface area contributed by atoms with Gasteiger partial charge in [-0.3, -0.25) is 0 Å². The summed E-state index contributed by atoms with van der Waals surface area (Å²) in [5.74, 6) is 0.880. The van der Waals surface area contributed by atoms with Gasteiger partial charge in [0.25, 0.3) is 0 Å². The van der Waals surface area contributed by atoms with Crippen molar-refractivity contribution in [1.82, 2.24) is 0 Å². The Hall–Kier alpha value is -0.280. The Labute approximate surface area is 109 Å². The molecule has 0 aliphatic rings. The van der Waals surface area contributed by atoms with E-state index in [0.717, 1.165) is 11.3 Å². The molecule has 1 aromatic rings. The van der Waals surface area contributed by atoms with Crippen LogP contribution in [-0.4, -0.2) is 18.8 Å². The number of benzene rings is 1. The Morgan fingerprint density at radius 2 is 1.86 bits per heavy atom. The average molecular weight is 204 g/mol. The summed E-state index contributed by atoms with van der Waals surface area (Å²) in [5, 5.41) is 7.57. The molecule has 3 heteroatoms. The fourth-order valence-electron chi connectivity index (χ4n) is 0.740. The van der Waals surface area contributed by atoms with Crippen LogP contribution in [0.4, 0.5) is 0 Å². The summed E-state index contributed by atoms with van der Waals surface area (Å²) in [6, 6.07) is 7.76. The predicted molar refractivity (Wildman–Crippen MR) is 57.0 cm³/mol. The number of hydrogen-bond acceptors (Lipinski definition) is 2. The number of rotatable bonds is 2. The second-order valence-electron chi connectivity index (χ2n) is 2.29. The maximum atomic E-state index is 7.57. The first-order valence-electron chi connectivity index (χ1n) is 4.15. The molecule has 1 N–H and O–H groups in total. The maximum Gasteiger partial charge on any atom is 1.00 e. The summed E-state index contributed by atoms with van der Waals surface area (Å²) >= 11 is 0. The van der Waals surface area contributed by atoms with E-state index in [0.29, 0.717) is 0 Å². The first-order valence-corrected chi connectivity index (χ1v) is 4.15. The molecule has 0 aromatic heterocycles. The number of aliphatic hydroxyl groups excluding tert-OH is 1. The minimum Gasteiger partial charge on any atom is -1.00 e. The molecule has 0 spiro atoms. The third kappa shape index (κ3) is 7.15. The average Bonchev–Trinajstić information content (AvgIpc) is 2.19. The molecule has 0 amide bonds. The molecule has 2 nitrogen and oxygen atoms in total. The van der Waals surface area contributed by atoms with Gasteiger partial charge in [0.05, 0.1) is 7.11 Å². The minimum absolute atomic E-state index is 0. The smallest absolute Gasteiger partial charge is 1.00 e. The van der Waals surface area contributed by atoms with E-state index in [4.69, 9.17) is 9.84 Å². The number of hydrogen-bond donors (Lipinski definition) is 1. The molecule has 0 aliphatic heterocycles. The SMILES string of the molecule is C=Cc1ccc(OC)cc1.CCO.[H-].[Na+]. The summed E-state index contributed by atoms with van der Waals surface area (Å²) in [4.78, 5) is 0. The molecule has 0 bridgehead atoms. The molecule has 0 saturated carbocycles. The minimum atomic E-state index is 0. The molecule has 0 atom stereocenters. The van der Waals surface area contributed by atoms with E-state index in [-0.39, 0.29) is 37.6 Å². The third-order valence-corrected chi connectivity index (χ3v) is 1.35. The zero-order valence-electron chi connectivity index (χ0n) is 10.2. The van der Waals surface area contributed by atoms with Gasteiger partial charge in [-0.15, -0.1) is 0 Å². The monoisotopic (exact) mass is 204 g/mol. The first kappa shape index (κ1) is 16.2. The van der Waals surface area contributed by atoms with Crippen LogP contribution in [0.15, 0.2) is 30.8 Å². The molecule has 0 aliphatic carbocycles.